The number of carbonyl (C=O) groups is 2. The molecule has 7 rings (SSSR count). The third-order valence-electron chi connectivity index (χ3n) is 12.6. The lowest BCUT2D eigenvalue weighted by Gasteiger charge is -2.34. The maximum Gasteiger partial charge on any atom is 0.333 e. The monoisotopic (exact) mass is 771 g/mol. The van der Waals surface area contributed by atoms with Crippen molar-refractivity contribution in [2.45, 2.75) is 96.8 Å². The van der Waals surface area contributed by atoms with E-state index in [1.54, 1.807) is 13.8 Å². The molecule has 5 nitrogen and oxygen atoms in total. The molecule has 0 spiro atoms. The van der Waals surface area contributed by atoms with Gasteiger partial charge in [0.1, 0.15) is 0 Å². The molecule has 5 aromatic carbocycles. The van der Waals surface area contributed by atoms with E-state index < -0.39 is 0 Å². The van der Waals surface area contributed by atoms with Gasteiger partial charge in [0.25, 0.3) is 0 Å². The van der Waals surface area contributed by atoms with Gasteiger partial charge in [0.05, 0.1) is 13.2 Å². The number of ether oxygens (including phenoxy) is 2. The SMILES string of the molecule is C=C(C)C(=O)OCCCCC1(CCCCOC(=O)C(=C)C)c2ccccc2-c2ccc(N(c3cccc(C)c3)c3ccc4c(c3)C(CC)(CC)c3ccccc3-4)cc21. The van der Waals surface area contributed by atoms with E-state index in [0.29, 0.717) is 24.4 Å². The van der Waals surface area contributed by atoms with E-state index in [2.05, 4.69) is 148 Å². The van der Waals surface area contributed by atoms with E-state index in [-0.39, 0.29) is 22.8 Å². The molecule has 5 heteroatoms. The van der Waals surface area contributed by atoms with Crippen LogP contribution in [0.1, 0.15) is 107 Å². The van der Waals surface area contributed by atoms with Gasteiger partial charge in [-0.15, -0.1) is 0 Å². The second-order valence-corrected chi connectivity index (χ2v) is 16.3. The number of hydrogen-bond donors (Lipinski definition) is 0. The highest BCUT2D eigenvalue weighted by molar-refractivity contribution is 5.89. The van der Waals surface area contributed by atoms with Crippen LogP contribution in [-0.2, 0) is 29.9 Å². The lowest BCUT2D eigenvalue weighted by molar-refractivity contribution is -0.139. The Hall–Kier alpha value is -5.68. The molecule has 58 heavy (non-hydrogen) atoms. The second-order valence-electron chi connectivity index (χ2n) is 16.3. The van der Waals surface area contributed by atoms with Gasteiger partial charge in [-0.05, 0) is 159 Å². The Morgan fingerprint density at radius 2 is 0.983 bits per heavy atom. The van der Waals surface area contributed by atoms with Gasteiger partial charge in [0.15, 0.2) is 0 Å². The molecule has 0 aliphatic heterocycles. The summed E-state index contributed by atoms with van der Waals surface area (Å²) in [5.41, 5.74) is 15.7. The summed E-state index contributed by atoms with van der Waals surface area (Å²) in [6.07, 6.45) is 7.06. The van der Waals surface area contributed by atoms with Gasteiger partial charge in [0.2, 0.25) is 0 Å². The fourth-order valence-corrected chi connectivity index (χ4v) is 9.69. The summed E-state index contributed by atoms with van der Waals surface area (Å²) >= 11 is 0. The Balaban J connectivity index is 1.33. The fourth-order valence-electron chi connectivity index (χ4n) is 9.69. The molecular weight excluding hydrogens is 715 g/mol. The van der Waals surface area contributed by atoms with Crippen molar-refractivity contribution >= 4 is 29.0 Å². The number of benzene rings is 5. The molecule has 0 atom stereocenters. The topological polar surface area (TPSA) is 55.8 Å². The van der Waals surface area contributed by atoms with Crippen LogP contribution < -0.4 is 4.90 Å². The minimum absolute atomic E-state index is 0.0493. The molecule has 2 aliphatic carbocycles. The predicted octanol–water partition coefficient (Wildman–Crippen LogP) is 13.4. The first-order chi connectivity index (χ1) is 28.0. The Morgan fingerprint density at radius 3 is 1.47 bits per heavy atom. The van der Waals surface area contributed by atoms with Gasteiger partial charge in [-0.1, -0.05) is 99.8 Å². The van der Waals surface area contributed by atoms with Crippen molar-refractivity contribution in [3.63, 3.8) is 0 Å². The lowest BCUT2D eigenvalue weighted by Crippen LogP contribution is -2.26. The summed E-state index contributed by atoms with van der Waals surface area (Å²) in [6.45, 7) is 18.4. The van der Waals surface area contributed by atoms with Gasteiger partial charge in [0, 0.05) is 39.0 Å². The minimum atomic E-state index is -0.345. The number of rotatable bonds is 17. The van der Waals surface area contributed by atoms with Gasteiger partial charge in [-0.2, -0.15) is 0 Å². The zero-order valence-electron chi connectivity index (χ0n) is 35.0. The third kappa shape index (κ3) is 7.43. The van der Waals surface area contributed by atoms with Crippen LogP contribution in [0.2, 0.25) is 0 Å². The largest absolute Gasteiger partial charge is 0.462 e. The molecule has 0 aromatic heterocycles. The van der Waals surface area contributed by atoms with Crippen LogP contribution in [-0.4, -0.2) is 25.2 Å². The molecule has 0 saturated heterocycles. The molecule has 0 bridgehead atoms. The number of aryl methyl sites for hydroxylation is 1. The molecule has 0 heterocycles. The highest BCUT2D eigenvalue weighted by atomic mass is 16.5. The number of anilines is 3. The first kappa shape index (κ1) is 40.5. The summed E-state index contributed by atoms with van der Waals surface area (Å²) in [7, 11) is 0. The first-order valence-electron chi connectivity index (χ1n) is 21.1. The molecule has 0 saturated carbocycles. The number of fused-ring (bicyclic) bond motifs is 6. The number of hydrogen-bond acceptors (Lipinski definition) is 5. The van der Waals surface area contributed by atoms with E-state index in [1.807, 2.05) is 0 Å². The Morgan fingerprint density at radius 1 is 0.534 bits per heavy atom. The number of carbonyl (C=O) groups excluding carboxylic acids is 2. The Labute approximate surface area is 345 Å². The summed E-state index contributed by atoms with van der Waals surface area (Å²) in [6, 6.07) is 40.7. The van der Waals surface area contributed by atoms with E-state index in [1.165, 1.54) is 50.1 Å². The molecule has 5 aromatic rings. The van der Waals surface area contributed by atoms with Crippen molar-refractivity contribution in [2.24, 2.45) is 0 Å². The molecule has 0 fully saturated rings. The van der Waals surface area contributed by atoms with E-state index in [9.17, 15) is 9.59 Å². The van der Waals surface area contributed by atoms with Gasteiger partial charge < -0.3 is 14.4 Å². The number of unbranched alkanes of at least 4 members (excludes halogenated alkanes) is 2. The van der Waals surface area contributed by atoms with Crippen LogP contribution in [0.4, 0.5) is 17.1 Å². The maximum absolute atomic E-state index is 12.2. The number of nitrogens with zero attached hydrogens (tertiary/aromatic N) is 1. The van der Waals surface area contributed by atoms with Gasteiger partial charge in [-0.3, -0.25) is 0 Å². The van der Waals surface area contributed by atoms with E-state index in [4.69, 9.17) is 9.47 Å². The number of esters is 2. The van der Waals surface area contributed by atoms with Crippen LogP contribution >= 0.6 is 0 Å². The van der Waals surface area contributed by atoms with Gasteiger partial charge in [-0.25, -0.2) is 9.59 Å². The fraction of sp³-hybridized carbons (Fsp3) is 0.321. The first-order valence-corrected chi connectivity index (χ1v) is 21.1. The third-order valence-corrected chi connectivity index (χ3v) is 12.6. The summed E-state index contributed by atoms with van der Waals surface area (Å²) in [5.74, 6) is -0.691. The van der Waals surface area contributed by atoms with Crippen LogP contribution in [0.25, 0.3) is 22.3 Å². The second kappa shape index (κ2) is 17.0. The zero-order valence-corrected chi connectivity index (χ0v) is 35.0. The van der Waals surface area contributed by atoms with Crippen molar-refractivity contribution in [1.29, 1.82) is 0 Å². The van der Waals surface area contributed by atoms with Crippen LogP contribution in [0.5, 0.6) is 0 Å². The van der Waals surface area contributed by atoms with Crippen molar-refractivity contribution in [2.75, 3.05) is 18.1 Å². The summed E-state index contributed by atoms with van der Waals surface area (Å²) in [4.78, 5) is 26.9. The van der Waals surface area contributed by atoms with Crippen molar-refractivity contribution in [3.8, 4) is 22.3 Å². The van der Waals surface area contributed by atoms with E-state index in [0.717, 1.165) is 68.4 Å². The molecular formula is C53H57NO4. The predicted molar refractivity (Wildman–Crippen MR) is 238 cm³/mol. The minimum Gasteiger partial charge on any atom is -0.462 e. The molecule has 0 unspecified atom stereocenters. The Kier molecular flexibility index (Phi) is 11.9. The van der Waals surface area contributed by atoms with Crippen LogP contribution in [0, 0.1) is 6.92 Å². The molecule has 0 radical (unpaired) electrons. The molecule has 0 N–H and O–H groups in total. The lowest BCUT2D eigenvalue weighted by atomic mass is 9.70. The average molecular weight is 772 g/mol. The molecule has 298 valence electrons. The highest BCUT2D eigenvalue weighted by Crippen LogP contribution is 2.57. The normalized spacial score (nSPS) is 13.8. The molecule has 0 amide bonds. The molecule has 2 aliphatic rings. The summed E-state index contributed by atoms with van der Waals surface area (Å²) < 4.78 is 11.1. The Bertz CT molecular complexity index is 2330. The quantitative estimate of drug-likeness (QED) is 0.0535. The summed E-state index contributed by atoms with van der Waals surface area (Å²) in [5, 5.41) is 0. The standard InChI is InChI=1S/C53H57NO4/c1-8-52(9-2)46-23-12-10-21-42(46)44-27-25-40(34-48(44)52)54(39-20-18-19-38(7)33-39)41-26-28-45-43-22-11-13-24-47(43)53(49(45)35-41,29-14-16-31-57-50(55)36(3)4)30-15-17-32-58-51(56)37(5)6/h10-13,18-28,33-35H,3,5,8-9,14-17,29-32H2,1-2,4,6-7H3. The van der Waals surface area contributed by atoms with Gasteiger partial charge >= 0.3 is 11.9 Å². The van der Waals surface area contributed by atoms with Crippen molar-refractivity contribution in [1.82, 2.24) is 0 Å². The van der Waals surface area contributed by atoms with Crippen LogP contribution in [0.3, 0.4) is 0 Å². The average Bonchev–Trinajstić information content (AvgIpc) is 3.67. The highest BCUT2D eigenvalue weighted by Gasteiger charge is 2.43. The maximum atomic E-state index is 12.2. The van der Waals surface area contributed by atoms with Crippen LogP contribution in [0.15, 0.2) is 133 Å². The van der Waals surface area contributed by atoms with E-state index >= 15 is 0 Å². The smallest absolute Gasteiger partial charge is 0.333 e. The van der Waals surface area contributed by atoms with Crippen molar-refractivity contribution in [3.05, 3.63) is 161 Å². The zero-order chi connectivity index (χ0) is 41.0. The van der Waals surface area contributed by atoms with Crippen molar-refractivity contribution < 1.29 is 19.1 Å².